The van der Waals surface area contributed by atoms with Gasteiger partial charge in [0.15, 0.2) is 0 Å². The van der Waals surface area contributed by atoms with Gasteiger partial charge in [0.25, 0.3) is 0 Å². The standard InChI is InChI=1S/C16H18N2O3/c1-10-4-12(16(19)20)7-14(5-10)17-8-13-9-18-15(21-3)6-11(13)2/h4-7,9,17H,8H2,1-3H3,(H,19,20). The van der Waals surface area contributed by atoms with E-state index in [0.29, 0.717) is 12.4 Å². The summed E-state index contributed by atoms with van der Waals surface area (Å²) >= 11 is 0. The predicted octanol–water partition coefficient (Wildman–Crippen LogP) is 3.02. The van der Waals surface area contributed by atoms with Crippen molar-refractivity contribution in [3.8, 4) is 5.88 Å². The Morgan fingerprint density at radius 3 is 2.67 bits per heavy atom. The molecule has 0 saturated carbocycles. The number of carboxylic acids is 1. The monoisotopic (exact) mass is 286 g/mol. The maximum absolute atomic E-state index is 11.1. The lowest BCUT2D eigenvalue weighted by Gasteiger charge is -2.11. The first kappa shape index (κ1) is 14.8. The summed E-state index contributed by atoms with van der Waals surface area (Å²) in [5.74, 6) is -0.344. The van der Waals surface area contributed by atoms with E-state index < -0.39 is 5.97 Å². The second-order valence-corrected chi connectivity index (χ2v) is 4.90. The first-order valence-electron chi connectivity index (χ1n) is 6.58. The van der Waals surface area contributed by atoms with Crippen LogP contribution in [0.25, 0.3) is 0 Å². The van der Waals surface area contributed by atoms with E-state index in [9.17, 15) is 4.79 Å². The molecule has 0 bridgehead atoms. The van der Waals surface area contributed by atoms with Crippen LogP contribution in [-0.2, 0) is 6.54 Å². The average Bonchev–Trinajstić information content (AvgIpc) is 2.45. The van der Waals surface area contributed by atoms with E-state index in [0.717, 1.165) is 22.4 Å². The fraction of sp³-hybridized carbons (Fsp3) is 0.250. The minimum absolute atomic E-state index is 0.280. The molecule has 5 nitrogen and oxygen atoms in total. The number of methoxy groups -OCH3 is 1. The number of pyridine rings is 1. The van der Waals surface area contributed by atoms with E-state index in [4.69, 9.17) is 9.84 Å². The summed E-state index contributed by atoms with van der Waals surface area (Å²) < 4.78 is 5.07. The number of hydrogen-bond donors (Lipinski definition) is 2. The minimum atomic E-state index is -0.927. The highest BCUT2D eigenvalue weighted by Crippen LogP contribution is 2.18. The number of hydrogen-bond acceptors (Lipinski definition) is 4. The first-order valence-corrected chi connectivity index (χ1v) is 6.58. The van der Waals surface area contributed by atoms with Crippen molar-refractivity contribution >= 4 is 11.7 Å². The van der Waals surface area contributed by atoms with E-state index in [1.165, 1.54) is 0 Å². The van der Waals surface area contributed by atoms with Crippen LogP contribution in [0.15, 0.2) is 30.5 Å². The molecule has 21 heavy (non-hydrogen) atoms. The molecule has 2 N–H and O–H groups in total. The molecular weight excluding hydrogens is 268 g/mol. The molecule has 0 aliphatic rings. The van der Waals surface area contributed by atoms with Crippen LogP contribution in [0, 0.1) is 13.8 Å². The molecule has 0 spiro atoms. The van der Waals surface area contributed by atoms with Gasteiger partial charge in [-0.3, -0.25) is 0 Å². The summed E-state index contributed by atoms with van der Waals surface area (Å²) in [6.45, 7) is 4.43. The van der Waals surface area contributed by atoms with E-state index >= 15 is 0 Å². The van der Waals surface area contributed by atoms with Crippen molar-refractivity contribution in [2.24, 2.45) is 0 Å². The molecule has 2 rings (SSSR count). The summed E-state index contributed by atoms with van der Waals surface area (Å²) in [7, 11) is 1.58. The quantitative estimate of drug-likeness (QED) is 0.884. The SMILES string of the molecule is COc1cc(C)c(CNc2cc(C)cc(C(=O)O)c2)cn1. The van der Waals surface area contributed by atoms with E-state index in [2.05, 4.69) is 10.3 Å². The molecule has 1 aromatic heterocycles. The van der Waals surface area contributed by atoms with Gasteiger partial charge in [0.05, 0.1) is 12.7 Å². The fourth-order valence-electron chi connectivity index (χ4n) is 2.06. The highest BCUT2D eigenvalue weighted by molar-refractivity contribution is 5.89. The van der Waals surface area contributed by atoms with Gasteiger partial charge in [-0.1, -0.05) is 0 Å². The number of rotatable bonds is 5. The van der Waals surface area contributed by atoms with Crippen molar-refractivity contribution in [2.75, 3.05) is 12.4 Å². The first-order chi connectivity index (χ1) is 9.99. The number of carbonyl (C=O) groups is 1. The molecule has 1 aromatic carbocycles. The Labute approximate surface area is 123 Å². The van der Waals surface area contributed by atoms with Crippen LogP contribution in [0.5, 0.6) is 5.88 Å². The highest BCUT2D eigenvalue weighted by atomic mass is 16.5. The van der Waals surface area contributed by atoms with Crippen molar-refractivity contribution in [3.05, 3.63) is 52.7 Å². The molecule has 0 unspecified atom stereocenters. The molecule has 0 fully saturated rings. The lowest BCUT2D eigenvalue weighted by Crippen LogP contribution is -2.05. The van der Waals surface area contributed by atoms with Crippen LogP contribution in [0.1, 0.15) is 27.0 Å². The van der Waals surface area contributed by atoms with Crippen molar-refractivity contribution in [2.45, 2.75) is 20.4 Å². The maximum atomic E-state index is 11.1. The minimum Gasteiger partial charge on any atom is -0.481 e. The molecule has 0 amide bonds. The van der Waals surface area contributed by atoms with Gasteiger partial charge in [-0.25, -0.2) is 9.78 Å². The van der Waals surface area contributed by atoms with Gasteiger partial charge in [0.1, 0.15) is 0 Å². The third-order valence-corrected chi connectivity index (χ3v) is 3.21. The summed E-state index contributed by atoms with van der Waals surface area (Å²) in [6.07, 6.45) is 1.76. The van der Waals surface area contributed by atoms with Crippen LogP contribution in [0.4, 0.5) is 5.69 Å². The average molecular weight is 286 g/mol. The number of carboxylic acid groups (broad SMARTS) is 1. The Kier molecular flexibility index (Phi) is 4.42. The summed E-state index contributed by atoms with van der Waals surface area (Å²) in [5.41, 5.74) is 4.07. The van der Waals surface area contributed by atoms with Gasteiger partial charge in [0.2, 0.25) is 5.88 Å². The van der Waals surface area contributed by atoms with Gasteiger partial charge in [-0.2, -0.15) is 0 Å². The zero-order valence-corrected chi connectivity index (χ0v) is 12.3. The van der Waals surface area contributed by atoms with Crippen molar-refractivity contribution in [1.82, 2.24) is 4.98 Å². The van der Waals surface area contributed by atoms with Crippen LogP contribution >= 0.6 is 0 Å². The third kappa shape index (κ3) is 3.72. The lowest BCUT2D eigenvalue weighted by atomic mass is 10.1. The van der Waals surface area contributed by atoms with Gasteiger partial charge >= 0.3 is 5.97 Å². The third-order valence-electron chi connectivity index (χ3n) is 3.21. The van der Waals surface area contributed by atoms with Gasteiger partial charge < -0.3 is 15.2 Å². The molecule has 0 aliphatic heterocycles. The summed E-state index contributed by atoms with van der Waals surface area (Å²) in [6, 6.07) is 7.06. The lowest BCUT2D eigenvalue weighted by molar-refractivity contribution is 0.0697. The molecular formula is C16H18N2O3. The van der Waals surface area contributed by atoms with Crippen molar-refractivity contribution < 1.29 is 14.6 Å². The summed E-state index contributed by atoms with van der Waals surface area (Å²) in [5, 5.41) is 12.3. The van der Waals surface area contributed by atoms with Crippen molar-refractivity contribution in [1.29, 1.82) is 0 Å². The molecule has 0 radical (unpaired) electrons. The molecule has 0 aliphatic carbocycles. The normalized spacial score (nSPS) is 10.2. The second-order valence-electron chi connectivity index (χ2n) is 4.90. The zero-order chi connectivity index (χ0) is 15.4. The fourth-order valence-corrected chi connectivity index (χ4v) is 2.06. The van der Waals surface area contributed by atoms with Gasteiger partial charge in [-0.05, 0) is 48.7 Å². The number of aromatic nitrogens is 1. The second kappa shape index (κ2) is 6.26. The molecule has 1 heterocycles. The number of aryl methyl sites for hydroxylation is 2. The Hall–Kier alpha value is -2.56. The van der Waals surface area contributed by atoms with Gasteiger partial charge in [0, 0.05) is 24.5 Å². The molecule has 2 aromatic rings. The largest absolute Gasteiger partial charge is 0.481 e. The Balaban J connectivity index is 2.14. The van der Waals surface area contributed by atoms with Crippen LogP contribution in [0.2, 0.25) is 0 Å². The molecule has 0 saturated heterocycles. The molecule has 5 heteroatoms. The summed E-state index contributed by atoms with van der Waals surface area (Å²) in [4.78, 5) is 15.2. The van der Waals surface area contributed by atoms with Gasteiger partial charge in [-0.15, -0.1) is 0 Å². The zero-order valence-electron chi connectivity index (χ0n) is 12.3. The van der Waals surface area contributed by atoms with E-state index in [-0.39, 0.29) is 5.56 Å². The van der Waals surface area contributed by atoms with E-state index in [1.807, 2.05) is 26.0 Å². The molecule has 0 atom stereocenters. The van der Waals surface area contributed by atoms with Crippen LogP contribution in [0.3, 0.4) is 0 Å². The number of benzene rings is 1. The van der Waals surface area contributed by atoms with Crippen LogP contribution in [-0.4, -0.2) is 23.2 Å². The number of ether oxygens (including phenoxy) is 1. The Morgan fingerprint density at radius 1 is 1.29 bits per heavy atom. The maximum Gasteiger partial charge on any atom is 0.335 e. The topological polar surface area (TPSA) is 71.5 Å². The Morgan fingerprint density at radius 2 is 2.05 bits per heavy atom. The molecule has 110 valence electrons. The number of nitrogens with zero attached hydrogens (tertiary/aromatic N) is 1. The highest BCUT2D eigenvalue weighted by Gasteiger charge is 2.06. The number of anilines is 1. The number of aromatic carboxylic acids is 1. The Bertz CT molecular complexity index is 669. The van der Waals surface area contributed by atoms with Crippen LogP contribution < -0.4 is 10.1 Å². The van der Waals surface area contributed by atoms with E-state index in [1.54, 1.807) is 25.4 Å². The van der Waals surface area contributed by atoms with Crippen molar-refractivity contribution in [3.63, 3.8) is 0 Å². The predicted molar refractivity (Wildman–Crippen MR) is 81.0 cm³/mol. The number of nitrogens with one attached hydrogen (secondary N) is 1. The smallest absolute Gasteiger partial charge is 0.335 e.